The van der Waals surface area contributed by atoms with Crippen LogP contribution in [-0.2, 0) is 9.59 Å². The highest BCUT2D eigenvalue weighted by atomic mass is 32.2. The van der Waals surface area contributed by atoms with E-state index >= 15 is 0 Å². The lowest BCUT2D eigenvalue weighted by Crippen LogP contribution is -2.15. The number of aliphatic hydroxyl groups is 2. The van der Waals surface area contributed by atoms with Gasteiger partial charge in [-0.1, -0.05) is 77.6 Å². The average molecular weight is 381 g/mol. The molecule has 0 saturated heterocycles. The molecule has 0 rings (SSSR count). The fourth-order valence-electron chi connectivity index (χ4n) is 2.21. The van der Waals surface area contributed by atoms with Crippen LogP contribution in [0.4, 0.5) is 0 Å². The summed E-state index contributed by atoms with van der Waals surface area (Å²) in [5.74, 6) is -1.58. The van der Waals surface area contributed by atoms with Crippen LogP contribution in [0.2, 0.25) is 0 Å². The van der Waals surface area contributed by atoms with E-state index in [0.29, 0.717) is 0 Å². The topological polar surface area (TPSA) is 115 Å². The Kier molecular flexibility index (Phi) is 22.5. The van der Waals surface area contributed by atoms with Gasteiger partial charge in [0, 0.05) is 0 Å². The van der Waals surface area contributed by atoms with Crippen LogP contribution >= 0.6 is 11.8 Å². The summed E-state index contributed by atoms with van der Waals surface area (Å²) >= 11 is 1.12. The molecule has 0 aliphatic rings. The van der Waals surface area contributed by atoms with E-state index in [9.17, 15) is 4.79 Å². The Hall–Kier alpha value is -0.790. The largest absolute Gasteiger partial charge is 0.480 e. The lowest BCUT2D eigenvalue weighted by molar-refractivity contribution is -0.142. The summed E-state index contributed by atoms with van der Waals surface area (Å²) in [5.41, 5.74) is -1.25. The molecule has 0 heterocycles. The van der Waals surface area contributed by atoms with Crippen LogP contribution < -0.4 is 0 Å². The molecule has 0 aromatic carbocycles. The second-order valence-electron chi connectivity index (χ2n) is 6.00. The van der Waals surface area contributed by atoms with Crippen LogP contribution in [0.3, 0.4) is 0 Å². The van der Waals surface area contributed by atoms with E-state index < -0.39 is 24.0 Å². The number of thioether (sulfide) groups is 1. The number of rotatable bonds is 16. The molecule has 4 N–H and O–H groups in total. The molecule has 0 aliphatic heterocycles. The van der Waals surface area contributed by atoms with Crippen molar-refractivity contribution in [3.63, 3.8) is 0 Å². The molecule has 0 aromatic rings. The molecule has 0 aromatic heterocycles. The molecule has 25 heavy (non-hydrogen) atoms. The molecule has 0 saturated carbocycles. The van der Waals surface area contributed by atoms with Gasteiger partial charge in [0.1, 0.15) is 6.61 Å². The van der Waals surface area contributed by atoms with Gasteiger partial charge in [0.2, 0.25) is 0 Å². The number of unbranched alkanes of at least 4 members (excludes halogenated alkanes) is 11. The van der Waals surface area contributed by atoms with Crippen molar-refractivity contribution in [2.45, 2.75) is 89.4 Å². The van der Waals surface area contributed by atoms with Gasteiger partial charge < -0.3 is 20.4 Å². The van der Waals surface area contributed by atoms with Crippen LogP contribution in [0, 0.1) is 0 Å². The zero-order valence-electron chi connectivity index (χ0n) is 15.5. The van der Waals surface area contributed by atoms with Crippen molar-refractivity contribution in [3.05, 3.63) is 0 Å². The number of carbonyl (C=O) groups is 2. The minimum absolute atomic E-state index is 0.741. The van der Waals surface area contributed by atoms with Gasteiger partial charge >= 0.3 is 11.9 Å². The molecule has 150 valence electrons. The van der Waals surface area contributed by atoms with E-state index in [2.05, 4.69) is 6.92 Å². The number of aliphatic carboxylic acids is 2. The molecule has 1 unspecified atom stereocenters. The smallest absolute Gasteiger partial charge is 0.343 e. The predicted octanol–water partition coefficient (Wildman–Crippen LogP) is 3.89. The maximum Gasteiger partial charge on any atom is 0.343 e. The Morgan fingerprint density at radius 1 is 0.800 bits per heavy atom. The zero-order valence-corrected chi connectivity index (χ0v) is 16.3. The number of aliphatic hydroxyl groups excluding tert-OH is 2. The minimum atomic E-state index is -1.25. The Labute approximate surface area is 156 Å². The molecule has 0 spiro atoms. The first kappa shape index (κ1) is 26.4. The van der Waals surface area contributed by atoms with Crippen LogP contribution in [0.25, 0.3) is 0 Å². The fraction of sp³-hybridized carbons (Fsp3) is 0.889. The van der Waals surface area contributed by atoms with Gasteiger partial charge in [0.15, 0.2) is 5.44 Å². The third-order valence-corrected chi connectivity index (χ3v) is 4.66. The van der Waals surface area contributed by atoms with Crippen molar-refractivity contribution < 1.29 is 30.0 Å². The molecule has 0 radical (unpaired) electrons. The minimum Gasteiger partial charge on any atom is -0.480 e. The van der Waals surface area contributed by atoms with Gasteiger partial charge in [0.25, 0.3) is 0 Å². The summed E-state index contributed by atoms with van der Waals surface area (Å²) in [6.07, 6.45) is 15.7. The van der Waals surface area contributed by atoms with E-state index in [1.807, 2.05) is 0 Å². The van der Waals surface area contributed by atoms with Crippen LogP contribution in [0.1, 0.15) is 84.0 Å². The van der Waals surface area contributed by atoms with Crippen molar-refractivity contribution in [1.29, 1.82) is 0 Å². The molecule has 6 nitrogen and oxygen atoms in total. The fourth-order valence-corrected chi connectivity index (χ4v) is 2.95. The Balaban J connectivity index is 0. The highest BCUT2D eigenvalue weighted by Crippen LogP contribution is 2.14. The second-order valence-corrected chi connectivity index (χ2v) is 7.19. The van der Waals surface area contributed by atoms with Gasteiger partial charge in [-0.05, 0) is 12.2 Å². The van der Waals surface area contributed by atoms with Crippen LogP contribution in [0.15, 0.2) is 0 Å². The van der Waals surface area contributed by atoms with Gasteiger partial charge in [-0.2, -0.15) is 0 Å². The average Bonchev–Trinajstić information content (AvgIpc) is 2.59. The molecule has 0 fully saturated rings. The van der Waals surface area contributed by atoms with E-state index in [0.717, 1.165) is 30.4 Å². The van der Waals surface area contributed by atoms with E-state index in [1.165, 1.54) is 64.2 Å². The monoisotopic (exact) mass is 380 g/mol. The van der Waals surface area contributed by atoms with Crippen molar-refractivity contribution in [3.8, 4) is 0 Å². The third-order valence-electron chi connectivity index (χ3n) is 3.62. The molecule has 7 heteroatoms. The maximum absolute atomic E-state index is 10.4. The van der Waals surface area contributed by atoms with Crippen molar-refractivity contribution in [2.75, 3.05) is 12.4 Å². The van der Waals surface area contributed by atoms with E-state index in [4.69, 9.17) is 25.2 Å². The summed E-state index contributed by atoms with van der Waals surface area (Å²) in [5, 5.41) is 32.6. The molecule has 1 atom stereocenters. The van der Waals surface area contributed by atoms with E-state index in [-0.39, 0.29) is 0 Å². The van der Waals surface area contributed by atoms with Crippen molar-refractivity contribution in [2.24, 2.45) is 0 Å². The zero-order chi connectivity index (χ0) is 19.3. The first-order valence-electron chi connectivity index (χ1n) is 9.30. The number of hydrogen-bond acceptors (Lipinski definition) is 5. The van der Waals surface area contributed by atoms with Crippen LogP contribution in [0.5, 0.6) is 0 Å². The first-order chi connectivity index (χ1) is 12.0. The van der Waals surface area contributed by atoms with Gasteiger partial charge in [0.05, 0.1) is 0 Å². The number of hydrogen-bond donors (Lipinski definition) is 4. The Morgan fingerprint density at radius 2 is 1.16 bits per heavy atom. The van der Waals surface area contributed by atoms with E-state index in [1.54, 1.807) is 0 Å². The summed E-state index contributed by atoms with van der Waals surface area (Å²) in [6.45, 7) is 1.47. The van der Waals surface area contributed by atoms with Gasteiger partial charge in [-0.25, -0.2) is 9.59 Å². The Morgan fingerprint density at radius 3 is 1.48 bits per heavy atom. The standard InChI is InChI=1S/C16H32O3S.C2H4O3/c1-2-3-4-5-6-7-8-9-10-11-12-13-14-20-16(19)15(17)18;3-1-2(4)5/h16,19H,2-14H2,1H3,(H,17,18);3H,1H2,(H,4,5). The summed E-state index contributed by atoms with van der Waals surface area (Å²) in [4.78, 5) is 19.5. The molecule has 0 amide bonds. The molecular formula is C18H36O6S. The lowest BCUT2D eigenvalue weighted by atomic mass is 10.1. The number of carboxylic acids is 2. The lowest BCUT2D eigenvalue weighted by Gasteiger charge is -2.05. The predicted molar refractivity (Wildman–Crippen MR) is 102 cm³/mol. The van der Waals surface area contributed by atoms with Gasteiger partial charge in [-0.15, -0.1) is 11.8 Å². The highest BCUT2D eigenvalue weighted by Gasteiger charge is 2.11. The maximum atomic E-state index is 10.4. The first-order valence-corrected chi connectivity index (χ1v) is 10.4. The Bertz CT molecular complexity index is 312. The molecule has 0 bridgehead atoms. The quantitative estimate of drug-likeness (QED) is 0.237. The summed E-state index contributed by atoms with van der Waals surface area (Å²) in [7, 11) is 0. The highest BCUT2D eigenvalue weighted by molar-refractivity contribution is 8.00. The molecule has 0 aliphatic carbocycles. The summed E-state index contributed by atoms with van der Waals surface area (Å²) < 4.78 is 0. The normalized spacial score (nSPS) is 11.5. The molecular weight excluding hydrogens is 344 g/mol. The van der Waals surface area contributed by atoms with Crippen molar-refractivity contribution >= 4 is 23.7 Å². The second kappa shape index (κ2) is 21.3. The summed E-state index contributed by atoms with van der Waals surface area (Å²) in [6, 6.07) is 0. The van der Waals surface area contributed by atoms with Gasteiger partial charge in [-0.3, -0.25) is 0 Å². The number of carboxylic acid groups (broad SMARTS) is 2. The van der Waals surface area contributed by atoms with Crippen molar-refractivity contribution in [1.82, 2.24) is 0 Å². The SMILES string of the molecule is CCCCCCCCCCCCCCSC(O)C(=O)O.O=C(O)CO. The third kappa shape index (κ3) is 25.6. The van der Waals surface area contributed by atoms with Crippen LogP contribution in [-0.4, -0.2) is 50.2 Å².